The molecule has 0 aliphatic carbocycles. The van der Waals surface area contributed by atoms with Gasteiger partial charge in [0.15, 0.2) is 0 Å². The predicted molar refractivity (Wildman–Crippen MR) is 81.9 cm³/mol. The second-order valence-corrected chi connectivity index (χ2v) is 6.58. The maximum Gasteiger partial charge on any atom is 0.259 e. The van der Waals surface area contributed by atoms with Gasteiger partial charge in [0.2, 0.25) is 5.91 Å². The number of likely N-dealkylation sites (tertiary alicyclic amines) is 1. The zero-order chi connectivity index (χ0) is 16.6. The van der Waals surface area contributed by atoms with Gasteiger partial charge in [-0.05, 0) is 26.7 Å². The van der Waals surface area contributed by atoms with Crippen LogP contribution in [0.25, 0.3) is 0 Å². The molecule has 2 amide bonds. The van der Waals surface area contributed by atoms with Crippen LogP contribution >= 0.6 is 0 Å². The second kappa shape index (κ2) is 5.96. The molecule has 7 nitrogen and oxygen atoms in total. The summed E-state index contributed by atoms with van der Waals surface area (Å²) in [4.78, 5) is 26.6. The van der Waals surface area contributed by atoms with Crippen LogP contribution in [0, 0.1) is 25.2 Å². The van der Waals surface area contributed by atoms with Gasteiger partial charge in [0.05, 0.1) is 18.2 Å². The Labute approximate surface area is 135 Å². The number of piperidine rings is 1. The molecule has 3 heterocycles. The van der Waals surface area contributed by atoms with Gasteiger partial charge in [0, 0.05) is 32.2 Å². The topological polar surface area (TPSA) is 84.7 Å². The molecule has 2 aliphatic rings. The lowest BCUT2D eigenvalue weighted by molar-refractivity contribution is -0.126. The summed E-state index contributed by atoms with van der Waals surface area (Å²) in [7, 11) is 1.62. The summed E-state index contributed by atoms with van der Waals surface area (Å²) in [5.41, 5.74) is 1.10. The van der Waals surface area contributed by atoms with E-state index in [4.69, 9.17) is 9.26 Å². The average molecular weight is 321 g/mol. The molecule has 2 saturated heterocycles. The standard InChI is InChI=1S/C16H23N3O4/c1-10-13(11(2)23-18-10)15(21)19-6-4-16(5-7-19)9-17-14(20)12(16)8-22-3/h12H,4-9H2,1-3H3,(H,17,20). The Bertz CT molecular complexity index is 597. The number of hydrogen-bond acceptors (Lipinski definition) is 5. The van der Waals surface area contributed by atoms with Gasteiger partial charge in [-0.15, -0.1) is 0 Å². The first-order valence-electron chi connectivity index (χ1n) is 7.97. The molecule has 0 bridgehead atoms. The predicted octanol–water partition coefficient (Wildman–Crippen LogP) is 0.906. The number of carbonyl (C=O) groups is 2. The third-order valence-corrected chi connectivity index (χ3v) is 5.30. The molecular weight excluding hydrogens is 298 g/mol. The van der Waals surface area contributed by atoms with Crippen LogP contribution in [-0.2, 0) is 9.53 Å². The summed E-state index contributed by atoms with van der Waals surface area (Å²) in [6, 6.07) is 0. The SMILES string of the molecule is COCC1C(=O)NCC12CCN(C(=O)c1c(C)noc1C)CC2. The van der Waals surface area contributed by atoms with Crippen molar-refractivity contribution in [1.29, 1.82) is 0 Å². The van der Waals surface area contributed by atoms with Gasteiger partial charge in [0.25, 0.3) is 5.91 Å². The van der Waals surface area contributed by atoms with E-state index in [-0.39, 0.29) is 23.1 Å². The third-order valence-electron chi connectivity index (χ3n) is 5.30. The van der Waals surface area contributed by atoms with Crippen molar-refractivity contribution in [3.05, 3.63) is 17.0 Å². The zero-order valence-corrected chi connectivity index (χ0v) is 13.8. The Morgan fingerprint density at radius 1 is 1.43 bits per heavy atom. The third kappa shape index (κ3) is 2.63. The number of rotatable bonds is 3. The van der Waals surface area contributed by atoms with Crippen molar-refractivity contribution in [2.75, 3.05) is 33.4 Å². The molecule has 0 aromatic carbocycles. The Morgan fingerprint density at radius 2 is 2.13 bits per heavy atom. The van der Waals surface area contributed by atoms with Gasteiger partial charge in [-0.25, -0.2) is 0 Å². The summed E-state index contributed by atoms with van der Waals surface area (Å²) in [5, 5.41) is 6.81. The highest BCUT2D eigenvalue weighted by Crippen LogP contribution is 2.42. The minimum atomic E-state index is -0.121. The van der Waals surface area contributed by atoms with Crippen molar-refractivity contribution in [3.8, 4) is 0 Å². The fourth-order valence-electron chi connectivity index (χ4n) is 3.83. The molecule has 7 heteroatoms. The molecule has 1 aromatic rings. The Balaban J connectivity index is 1.71. The highest BCUT2D eigenvalue weighted by molar-refractivity contribution is 5.96. The minimum Gasteiger partial charge on any atom is -0.384 e. The van der Waals surface area contributed by atoms with Crippen molar-refractivity contribution in [3.63, 3.8) is 0 Å². The van der Waals surface area contributed by atoms with E-state index >= 15 is 0 Å². The normalized spacial score (nSPS) is 23.3. The van der Waals surface area contributed by atoms with Crippen LogP contribution in [0.2, 0.25) is 0 Å². The first-order chi connectivity index (χ1) is 11.0. The molecule has 23 heavy (non-hydrogen) atoms. The maximum absolute atomic E-state index is 12.7. The van der Waals surface area contributed by atoms with Gasteiger partial charge in [-0.2, -0.15) is 0 Å². The van der Waals surface area contributed by atoms with Crippen LogP contribution in [0.5, 0.6) is 0 Å². The lowest BCUT2D eigenvalue weighted by atomic mass is 9.71. The van der Waals surface area contributed by atoms with Crippen LogP contribution in [0.3, 0.4) is 0 Å². The van der Waals surface area contributed by atoms with E-state index in [0.717, 1.165) is 12.8 Å². The number of aryl methyl sites for hydroxylation is 2. The Kier molecular flexibility index (Phi) is 4.14. The molecular formula is C16H23N3O4. The van der Waals surface area contributed by atoms with E-state index in [1.807, 2.05) is 4.90 Å². The molecule has 2 fully saturated rings. The number of nitrogens with zero attached hydrogens (tertiary/aromatic N) is 2. The van der Waals surface area contributed by atoms with Crippen LogP contribution < -0.4 is 5.32 Å². The van der Waals surface area contributed by atoms with Crippen LogP contribution in [0.1, 0.15) is 34.7 Å². The number of carbonyl (C=O) groups excluding carboxylic acids is 2. The molecule has 126 valence electrons. The largest absolute Gasteiger partial charge is 0.384 e. The fraction of sp³-hybridized carbons (Fsp3) is 0.688. The van der Waals surface area contributed by atoms with Crippen LogP contribution in [0.4, 0.5) is 0 Å². The van der Waals surface area contributed by atoms with Crippen molar-refractivity contribution >= 4 is 11.8 Å². The molecule has 0 saturated carbocycles. The van der Waals surface area contributed by atoms with E-state index < -0.39 is 0 Å². The molecule has 1 atom stereocenters. The molecule has 1 N–H and O–H groups in total. The van der Waals surface area contributed by atoms with E-state index in [1.54, 1.807) is 21.0 Å². The lowest BCUT2D eigenvalue weighted by Gasteiger charge is -2.41. The van der Waals surface area contributed by atoms with Crippen LogP contribution in [-0.4, -0.2) is 55.2 Å². The summed E-state index contributed by atoms with van der Waals surface area (Å²) in [6.07, 6.45) is 1.60. The smallest absolute Gasteiger partial charge is 0.259 e. The highest BCUT2D eigenvalue weighted by atomic mass is 16.5. The van der Waals surface area contributed by atoms with E-state index in [1.165, 1.54) is 0 Å². The molecule has 1 aromatic heterocycles. The van der Waals surface area contributed by atoms with Gasteiger partial charge >= 0.3 is 0 Å². The molecule has 1 spiro atoms. The van der Waals surface area contributed by atoms with Crippen molar-refractivity contribution in [2.24, 2.45) is 11.3 Å². The Hall–Kier alpha value is -1.89. The number of methoxy groups -OCH3 is 1. The first kappa shape index (κ1) is 16.0. The van der Waals surface area contributed by atoms with Crippen molar-refractivity contribution < 1.29 is 18.8 Å². The summed E-state index contributed by atoms with van der Waals surface area (Å²) in [6.45, 7) is 5.92. The number of aromatic nitrogens is 1. The van der Waals surface area contributed by atoms with E-state index in [2.05, 4.69) is 10.5 Å². The minimum absolute atomic E-state index is 0.0309. The van der Waals surface area contributed by atoms with Gasteiger partial charge in [-0.1, -0.05) is 5.16 Å². The van der Waals surface area contributed by atoms with Crippen molar-refractivity contribution in [2.45, 2.75) is 26.7 Å². The van der Waals surface area contributed by atoms with Gasteiger partial charge in [-0.3, -0.25) is 9.59 Å². The fourth-order valence-corrected chi connectivity index (χ4v) is 3.83. The lowest BCUT2D eigenvalue weighted by Crippen LogP contribution is -2.47. The number of hydrogen-bond donors (Lipinski definition) is 1. The van der Waals surface area contributed by atoms with E-state index in [9.17, 15) is 9.59 Å². The van der Waals surface area contributed by atoms with Crippen molar-refractivity contribution in [1.82, 2.24) is 15.4 Å². The molecule has 3 rings (SSSR count). The monoisotopic (exact) mass is 321 g/mol. The Morgan fingerprint density at radius 3 is 2.70 bits per heavy atom. The summed E-state index contributed by atoms with van der Waals surface area (Å²) in [5.74, 6) is 0.473. The molecule has 1 unspecified atom stereocenters. The van der Waals surface area contributed by atoms with Crippen LogP contribution in [0.15, 0.2) is 4.52 Å². The second-order valence-electron chi connectivity index (χ2n) is 6.58. The quantitative estimate of drug-likeness (QED) is 0.894. The van der Waals surface area contributed by atoms with Gasteiger partial charge < -0.3 is 19.5 Å². The number of amides is 2. The molecule has 0 radical (unpaired) electrons. The maximum atomic E-state index is 12.7. The summed E-state index contributed by atoms with van der Waals surface area (Å²) >= 11 is 0. The first-order valence-corrected chi connectivity index (χ1v) is 7.97. The average Bonchev–Trinajstić information content (AvgIpc) is 3.02. The van der Waals surface area contributed by atoms with E-state index in [0.29, 0.717) is 43.3 Å². The van der Waals surface area contributed by atoms with Gasteiger partial charge in [0.1, 0.15) is 11.3 Å². The number of ether oxygens (including phenoxy) is 1. The number of nitrogens with one attached hydrogen (secondary N) is 1. The summed E-state index contributed by atoms with van der Waals surface area (Å²) < 4.78 is 10.3. The zero-order valence-electron chi connectivity index (χ0n) is 13.8. The molecule has 2 aliphatic heterocycles. The highest BCUT2D eigenvalue weighted by Gasteiger charge is 2.50.